The highest BCUT2D eigenvalue weighted by Gasteiger charge is 2.47. The minimum atomic E-state index is -0.0409. The summed E-state index contributed by atoms with van der Waals surface area (Å²) >= 11 is 0. The second-order valence-corrected chi connectivity index (χ2v) is 6.85. The van der Waals surface area contributed by atoms with Crippen LogP contribution in [0.4, 0.5) is 0 Å². The molecule has 0 radical (unpaired) electrons. The number of aliphatic hydroxyl groups is 1. The molecule has 1 N–H and O–H groups in total. The first-order valence-corrected chi connectivity index (χ1v) is 7.80. The second-order valence-electron chi connectivity index (χ2n) is 6.85. The fourth-order valence-electron chi connectivity index (χ4n) is 4.58. The molecule has 2 atom stereocenters. The lowest BCUT2D eigenvalue weighted by molar-refractivity contribution is -0.0400. The molecule has 3 fully saturated rings. The molecule has 0 bridgehead atoms. The highest BCUT2D eigenvalue weighted by Crippen LogP contribution is 2.51. The van der Waals surface area contributed by atoms with Crippen LogP contribution in [0.25, 0.3) is 0 Å². The van der Waals surface area contributed by atoms with Gasteiger partial charge in [-0.3, -0.25) is 4.90 Å². The van der Waals surface area contributed by atoms with Gasteiger partial charge in [-0.15, -0.1) is 0 Å². The number of nitrogens with zero attached hydrogens (tertiary/aromatic N) is 2. The third-order valence-electron chi connectivity index (χ3n) is 5.76. The van der Waals surface area contributed by atoms with Crippen molar-refractivity contribution in [1.82, 2.24) is 9.80 Å². The van der Waals surface area contributed by atoms with Crippen LogP contribution in [0, 0.1) is 5.41 Å². The Kier molecular flexibility index (Phi) is 3.65. The quantitative estimate of drug-likeness (QED) is 0.769. The average molecular weight is 252 g/mol. The number of piperazine rings is 1. The van der Waals surface area contributed by atoms with Gasteiger partial charge in [0.1, 0.15) is 0 Å². The van der Waals surface area contributed by atoms with Gasteiger partial charge in [-0.2, -0.15) is 0 Å². The fraction of sp³-hybridized carbons (Fsp3) is 1.00. The lowest BCUT2D eigenvalue weighted by atomic mass is 9.67. The van der Waals surface area contributed by atoms with E-state index in [-0.39, 0.29) is 6.10 Å². The minimum absolute atomic E-state index is 0.0409. The zero-order valence-corrected chi connectivity index (χ0v) is 11.8. The molecular weight excluding hydrogens is 224 g/mol. The van der Waals surface area contributed by atoms with E-state index in [0.717, 1.165) is 12.8 Å². The average Bonchev–Trinajstić information content (AvgIpc) is 2.83. The molecule has 1 aliphatic heterocycles. The third kappa shape index (κ3) is 2.33. The largest absolute Gasteiger partial charge is 0.393 e. The van der Waals surface area contributed by atoms with E-state index in [1.54, 1.807) is 0 Å². The summed E-state index contributed by atoms with van der Waals surface area (Å²) in [7, 11) is 2.22. The fourth-order valence-corrected chi connectivity index (χ4v) is 4.58. The molecule has 18 heavy (non-hydrogen) atoms. The summed E-state index contributed by atoms with van der Waals surface area (Å²) in [6.07, 6.45) is 8.97. The van der Waals surface area contributed by atoms with E-state index in [2.05, 4.69) is 16.8 Å². The molecule has 0 aromatic heterocycles. The monoisotopic (exact) mass is 252 g/mol. The highest BCUT2D eigenvalue weighted by molar-refractivity contribution is 5.01. The van der Waals surface area contributed by atoms with Crippen molar-refractivity contribution in [2.45, 2.75) is 57.1 Å². The number of likely N-dealkylation sites (N-methyl/N-ethyl adjacent to an activating group) is 1. The Bertz CT molecular complexity index is 280. The van der Waals surface area contributed by atoms with E-state index >= 15 is 0 Å². The maximum Gasteiger partial charge on any atom is 0.0555 e. The van der Waals surface area contributed by atoms with Crippen LogP contribution in [0.2, 0.25) is 0 Å². The molecule has 3 aliphatic rings. The maximum atomic E-state index is 10.1. The Morgan fingerprint density at radius 1 is 1.00 bits per heavy atom. The molecule has 0 amide bonds. The van der Waals surface area contributed by atoms with Gasteiger partial charge >= 0.3 is 0 Å². The molecule has 104 valence electrons. The molecule has 0 aromatic rings. The summed E-state index contributed by atoms with van der Waals surface area (Å²) in [5, 5.41) is 10.1. The minimum Gasteiger partial charge on any atom is -0.393 e. The van der Waals surface area contributed by atoms with E-state index in [4.69, 9.17) is 0 Å². The Morgan fingerprint density at radius 2 is 1.67 bits per heavy atom. The van der Waals surface area contributed by atoms with Gasteiger partial charge in [0.05, 0.1) is 6.10 Å². The van der Waals surface area contributed by atoms with Gasteiger partial charge in [-0.05, 0) is 44.6 Å². The first-order chi connectivity index (χ1) is 8.70. The van der Waals surface area contributed by atoms with Crippen molar-refractivity contribution in [3.8, 4) is 0 Å². The summed E-state index contributed by atoms with van der Waals surface area (Å²) in [5.41, 5.74) is 0.565. The van der Waals surface area contributed by atoms with Crippen molar-refractivity contribution in [1.29, 1.82) is 0 Å². The van der Waals surface area contributed by atoms with Gasteiger partial charge in [0, 0.05) is 32.2 Å². The standard InChI is InChI=1S/C15H28N2O/c1-16-8-10-17(11-9-16)14-12-13(18)4-7-15(14)5-2-3-6-15/h13-14,18H,2-12H2,1H3. The van der Waals surface area contributed by atoms with Crippen LogP contribution in [0.5, 0.6) is 0 Å². The van der Waals surface area contributed by atoms with E-state index in [0.29, 0.717) is 11.5 Å². The van der Waals surface area contributed by atoms with Gasteiger partial charge in [-0.1, -0.05) is 12.8 Å². The molecule has 1 heterocycles. The van der Waals surface area contributed by atoms with E-state index in [9.17, 15) is 5.11 Å². The summed E-state index contributed by atoms with van der Waals surface area (Å²) in [5.74, 6) is 0. The number of aliphatic hydroxyl groups excluding tert-OH is 1. The Balaban J connectivity index is 1.73. The maximum absolute atomic E-state index is 10.1. The molecule has 3 nitrogen and oxygen atoms in total. The van der Waals surface area contributed by atoms with Gasteiger partial charge in [-0.25, -0.2) is 0 Å². The third-order valence-corrected chi connectivity index (χ3v) is 5.76. The summed E-state index contributed by atoms with van der Waals surface area (Å²) in [6, 6.07) is 0.664. The number of hydrogen-bond acceptors (Lipinski definition) is 3. The Labute approximate surface area is 111 Å². The van der Waals surface area contributed by atoms with E-state index in [1.165, 1.54) is 58.3 Å². The van der Waals surface area contributed by atoms with Gasteiger partial charge in [0.2, 0.25) is 0 Å². The summed E-state index contributed by atoms with van der Waals surface area (Å²) in [4.78, 5) is 5.13. The zero-order chi connectivity index (χ0) is 12.6. The smallest absolute Gasteiger partial charge is 0.0555 e. The van der Waals surface area contributed by atoms with Gasteiger partial charge < -0.3 is 10.0 Å². The Morgan fingerprint density at radius 3 is 2.33 bits per heavy atom. The Hall–Kier alpha value is -0.120. The van der Waals surface area contributed by atoms with Crippen molar-refractivity contribution >= 4 is 0 Å². The van der Waals surface area contributed by atoms with Crippen molar-refractivity contribution < 1.29 is 5.11 Å². The van der Waals surface area contributed by atoms with Crippen molar-refractivity contribution in [2.75, 3.05) is 33.2 Å². The van der Waals surface area contributed by atoms with Crippen molar-refractivity contribution in [3.05, 3.63) is 0 Å². The van der Waals surface area contributed by atoms with Gasteiger partial charge in [0.15, 0.2) is 0 Å². The van der Waals surface area contributed by atoms with Crippen LogP contribution >= 0.6 is 0 Å². The van der Waals surface area contributed by atoms with E-state index < -0.39 is 0 Å². The van der Waals surface area contributed by atoms with E-state index in [1.807, 2.05) is 0 Å². The molecule has 2 unspecified atom stereocenters. The van der Waals surface area contributed by atoms with Crippen LogP contribution in [-0.4, -0.2) is 60.3 Å². The van der Waals surface area contributed by atoms with Crippen LogP contribution in [0.3, 0.4) is 0 Å². The molecule has 1 saturated heterocycles. The first kappa shape index (κ1) is 12.9. The van der Waals surface area contributed by atoms with Crippen LogP contribution in [-0.2, 0) is 0 Å². The molecule has 2 saturated carbocycles. The summed E-state index contributed by atoms with van der Waals surface area (Å²) in [6.45, 7) is 4.80. The first-order valence-electron chi connectivity index (χ1n) is 7.80. The van der Waals surface area contributed by atoms with Crippen LogP contribution < -0.4 is 0 Å². The summed E-state index contributed by atoms with van der Waals surface area (Å²) < 4.78 is 0. The normalized spacial score (nSPS) is 38.3. The lowest BCUT2D eigenvalue weighted by Crippen LogP contribution is -2.57. The topological polar surface area (TPSA) is 26.7 Å². The van der Waals surface area contributed by atoms with Crippen LogP contribution in [0.1, 0.15) is 44.9 Å². The SMILES string of the molecule is CN1CCN(C2CC(O)CCC23CCCC3)CC1. The van der Waals surface area contributed by atoms with Crippen LogP contribution in [0.15, 0.2) is 0 Å². The molecule has 0 aromatic carbocycles. The van der Waals surface area contributed by atoms with Crippen molar-refractivity contribution in [3.63, 3.8) is 0 Å². The molecule has 3 rings (SSSR count). The van der Waals surface area contributed by atoms with Crippen molar-refractivity contribution in [2.24, 2.45) is 5.41 Å². The zero-order valence-electron chi connectivity index (χ0n) is 11.8. The molecule has 2 aliphatic carbocycles. The molecule has 3 heteroatoms. The predicted molar refractivity (Wildman–Crippen MR) is 73.6 cm³/mol. The lowest BCUT2D eigenvalue weighted by Gasteiger charge is -2.50. The number of hydrogen-bond donors (Lipinski definition) is 1. The molecular formula is C15H28N2O. The molecule has 1 spiro atoms. The van der Waals surface area contributed by atoms with Gasteiger partial charge in [0.25, 0.3) is 0 Å². The second kappa shape index (κ2) is 5.10. The predicted octanol–water partition coefficient (Wildman–Crippen LogP) is 1.71. The highest BCUT2D eigenvalue weighted by atomic mass is 16.3. The number of rotatable bonds is 1.